The largest absolute Gasteiger partial charge is 0.367 e. The molecule has 3 rings (SSSR count). The molecule has 0 saturated carbocycles. The van der Waals surface area contributed by atoms with Gasteiger partial charge in [0.2, 0.25) is 5.91 Å². The predicted molar refractivity (Wildman–Crippen MR) is 97.4 cm³/mol. The summed E-state index contributed by atoms with van der Waals surface area (Å²) in [5.41, 5.74) is 2.91. The molecule has 1 saturated heterocycles. The van der Waals surface area contributed by atoms with Crippen LogP contribution in [0.3, 0.4) is 0 Å². The molecule has 1 atom stereocenters. The summed E-state index contributed by atoms with van der Waals surface area (Å²) in [4.78, 5) is 29.6. The number of nitrogens with zero attached hydrogens (tertiary/aromatic N) is 5. The van der Waals surface area contributed by atoms with Crippen molar-refractivity contribution in [3.05, 3.63) is 53.4 Å². The first-order valence-electron chi connectivity index (χ1n) is 8.80. The maximum atomic E-state index is 12.7. The van der Waals surface area contributed by atoms with Crippen LogP contribution in [0.5, 0.6) is 0 Å². The first-order chi connectivity index (χ1) is 12.5. The van der Waals surface area contributed by atoms with Gasteiger partial charge < -0.3 is 9.64 Å². The Labute approximate surface area is 154 Å². The highest BCUT2D eigenvalue weighted by atomic mass is 16.5. The van der Waals surface area contributed by atoms with Gasteiger partial charge in [0.15, 0.2) is 5.82 Å². The van der Waals surface area contributed by atoms with Crippen molar-refractivity contribution in [1.82, 2.24) is 24.8 Å². The Bertz CT molecular complexity index is 733. The lowest BCUT2D eigenvalue weighted by Crippen LogP contribution is -2.46. The molecule has 7 nitrogen and oxygen atoms in total. The summed E-state index contributed by atoms with van der Waals surface area (Å²) in [5, 5.41) is 0. The van der Waals surface area contributed by atoms with E-state index in [0.29, 0.717) is 38.6 Å². The van der Waals surface area contributed by atoms with Gasteiger partial charge in [-0.05, 0) is 38.6 Å². The molecule has 0 bridgehead atoms. The molecule has 0 spiro atoms. The Balaban J connectivity index is 1.59. The number of aryl methyl sites for hydroxylation is 2. The van der Waals surface area contributed by atoms with E-state index in [0.717, 1.165) is 17.0 Å². The van der Waals surface area contributed by atoms with Gasteiger partial charge in [-0.1, -0.05) is 6.07 Å². The first kappa shape index (κ1) is 18.4. The molecule has 3 heterocycles. The summed E-state index contributed by atoms with van der Waals surface area (Å²) in [5.74, 6) is 0.748. The van der Waals surface area contributed by atoms with Crippen molar-refractivity contribution in [2.75, 3.05) is 33.3 Å². The number of carbonyl (C=O) groups is 1. The molecule has 7 heteroatoms. The second-order valence-electron chi connectivity index (χ2n) is 6.74. The van der Waals surface area contributed by atoms with Crippen molar-refractivity contribution in [2.45, 2.75) is 26.5 Å². The molecule has 1 amide bonds. The zero-order valence-electron chi connectivity index (χ0n) is 15.6. The minimum atomic E-state index is -0.269. The summed E-state index contributed by atoms with van der Waals surface area (Å²) in [6.07, 6.45) is 3.30. The Morgan fingerprint density at radius 2 is 2.12 bits per heavy atom. The van der Waals surface area contributed by atoms with Gasteiger partial charge in [0.25, 0.3) is 0 Å². The van der Waals surface area contributed by atoms with E-state index in [9.17, 15) is 4.79 Å². The fraction of sp³-hybridized carbons (Fsp3) is 0.474. The molecule has 0 N–H and O–H groups in total. The van der Waals surface area contributed by atoms with Gasteiger partial charge in [0.1, 0.15) is 6.10 Å². The molecule has 138 valence electrons. The molecule has 1 aliphatic heterocycles. The number of morpholine rings is 1. The molecular formula is C19H25N5O2. The van der Waals surface area contributed by atoms with Crippen molar-refractivity contribution in [3.8, 4) is 0 Å². The zero-order valence-corrected chi connectivity index (χ0v) is 15.6. The maximum Gasteiger partial charge on any atom is 0.236 e. The van der Waals surface area contributed by atoms with E-state index < -0.39 is 0 Å². The number of rotatable bonds is 5. The topological polar surface area (TPSA) is 71.5 Å². The zero-order chi connectivity index (χ0) is 18.5. The predicted octanol–water partition coefficient (Wildman–Crippen LogP) is 1.52. The van der Waals surface area contributed by atoms with E-state index in [4.69, 9.17) is 4.74 Å². The Morgan fingerprint density at radius 3 is 2.81 bits per heavy atom. The Hall–Kier alpha value is -2.38. The van der Waals surface area contributed by atoms with Crippen LogP contribution in [-0.2, 0) is 16.1 Å². The fourth-order valence-electron chi connectivity index (χ4n) is 3.12. The van der Waals surface area contributed by atoms with Gasteiger partial charge in [-0.25, -0.2) is 9.97 Å². The van der Waals surface area contributed by atoms with Crippen LogP contribution >= 0.6 is 0 Å². The summed E-state index contributed by atoms with van der Waals surface area (Å²) in [6.45, 7) is 6.51. The molecule has 26 heavy (non-hydrogen) atoms. The van der Waals surface area contributed by atoms with Gasteiger partial charge in [-0.2, -0.15) is 0 Å². The Morgan fingerprint density at radius 1 is 1.35 bits per heavy atom. The van der Waals surface area contributed by atoms with Crippen LogP contribution in [0.1, 0.15) is 28.9 Å². The highest BCUT2D eigenvalue weighted by Crippen LogP contribution is 2.20. The van der Waals surface area contributed by atoms with E-state index in [2.05, 4.69) is 15.0 Å². The van der Waals surface area contributed by atoms with Crippen molar-refractivity contribution in [1.29, 1.82) is 0 Å². The molecule has 0 aliphatic carbocycles. The Kier molecular flexibility index (Phi) is 5.90. The highest BCUT2D eigenvalue weighted by molar-refractivity contribution is 5.78. The van der Waals surface area contributed by atoms with E-state index in [-0.39, 0.29) is 12.0 Å². The number of aromatic nitrogens is 3. The lowest BCUT2D eigenvalue weighted by Gasteiger charge is -2.33. The maximum absolute atomic E-state index is 12.7. The average Bonchev–Trinajstić information content (AvgIpc) is 2.61. The first-order valence-corrected chi connectivity index (χ1v) is 8.80. The number of hydrogen-bond acceptors (Lipinski definition) is 6. The van der Waals surface area contributed by atoms with E-state index in [1.54, 1.807) is 6.20 Å². The van der Waals surface area contributed by atoms with E-state index in [1.807, 2.05) is 55.1 Å². The van der Waals surface area contributed by atoms with Crippen LogP contribution < -0.4 is 0 Å². The number of likely N-dealkylation sites (N-methyl/N-ethyl adjacent to an activating group) is 1. The van der Waals surface area contributed by atoms with Gasteiger partial charge in [-0.3, -0.25) is 14.7 Å². The quantitative estimate of drug-likeness (QED) is 0.810. The van der Waals surface area contributed by atoms with Crippen LogP contribution in [0.15, 0.2) is 30.6 Å². The van der Waals surface area contributed by atoms with Crippen molar-refractivity contribution in [2.24, 2.45) is 0 Å². The van der Waals surface area contributed by atoms with Crippen LogP contribution in [0, 0.1) is 13.8 Å². The normalized spacial score (nSPS) is 17.5. The van der Waals surface area contributed by atoms with Crippen molar-refractivity contribution in [3.63, 3.8) is 0 Å². The number of pyridine rings is 1. The smallest absolute Gasteiger partial charge is 0.236 e. The van der Waals surface area contributed by atoms with E-state index >= 15 is 0 Å². The molecule has 0 radical (unpaired) electrons. The second kappa shape index (κ2) is 8.33. The lowest BCUT2D eigenvalue weighted by molar-refractivity contribution is -0.140. The van der Waals surface area contributed by atoms with E-state index in [1.165, 1.54) is 0 Å². The van der Waals surface area contributed by atoms with Gasteiger partial charge >= 0.3 is 0 Å². The van der Waals surface area contributed by atoms with Gasteiger partial charge in [0, 0.05) is 36.9 Å². The van der Waals surface area contributed by atoms with Crippen molar-refractivity contribution >= 4 is 5.91 Å². The molecule has 1 fully saturated rings. The minimum Gasteiger partial charge on any atom is -0.367 e. The van der Waals surface area contributed by atoms with Crippen LogP contribution in [-0.4, -0.2) is 63.9 Å². The molecular weight excluding hydrogens is 330 g/mol. The fourth-order valence-corrected chi connectivity index (χ4v) is 3.12. The van der Waals surface area contributed by atoms with Crippen LogP contribution in [0.2, 0.25) is 0 Å². The molecule has 0 unspecified atom stereocenters. The average molecular weight is 355 g/mol. The molecule has 1 aliphatic rings. The monoisotopic (exact) mass is 355 g/mol. The number of hydrogen-bond donors (Lipinski definition) is 0. The lowest BCUT2D eigenvalue weighted by atomic mass is 10.2. The summed E-state index contributed by atoms with van der Waals surface area (Å²) < 4.78 is 5.81. The van der Waals surface area contributed by atoms with Crippen LogP contribution in [0.25, 0.3) is 0 Å². The third-order valence-electron chi connectivity index (χ3n) is 4.29. The van der Waals surface area contributed by atoms with Crippen molar-refractivity contribution < 1.29 is 9.53 Å². The molecule has 2 aromatic heterocycles. The van der Waals surface area contributed by atoms with Gasteiger partial charge in [0.05, 0.1) is 19.7 Å². The standard InChI is InChI=1S/C19H25N5O2/c1-14-9-15(2)22-19(21-14)17-12-24(7-8-26-17)18(25)13-23(3)11-16-5-4-6-20-10-16/h4-6,9-10,17H,7-8,11-13H2,1-3H3/t17-/m0/s1. The minimum absolute atomic E-state index is 0.0917. The summed E-state index contributed by atoms with van der Waals surface area (Å²) in [6, 6.07) is 5.85. The van der Waals surface area contributed by atoms with Gasteiger partial charge in [-0.15, -0.1) is 0 Å². The summed E-state index contributed by atoms with van der Waals surface area (Å²) in [7, 11) is 1.94. The number of ether oxygens (including phenoxy) is 1. The number of carbonyl (C=O) groups excluding carboxylic acids is 1. The highest BCUT2D eigenvalue weighted by Gasteiger charge is 2.27. The third kappa shape index (κ3) is 4.83. The molecule has 2 aromatic rings. The van der Waals surface area contributed by atoms with Crippen LogP contribution in [0.4, 0.5) is 0 Å². The SMILES string of the molecule is Cc1cc(C)nc([C@@H]2CN(C(=O)CN(C)Cc3cccnc3)CCO2)n1. The molecule has 0 aromatic carbocycles. The second-order valence-corrected chi connectivity index (χ2v) is 6.74. The third-order valence-corrected chi connectivity index (χ3v) is 4.29. The number of amides is 1. The summed E-state index contributed by atoms with van der Waals surface area (Å²) >= 11 is 0.